The summed E-state index contributed by atoms with van der Waals surface area (Å²) < 4.78 is 11.8. The molecule has 4 aromatic rings. The molecule has 2 aromatic carbocycles. The van der Waals surface area contributed by atoms with E-state index in [-0.39, 0.29) is 6.10 Å². The van der Waals surface area contributed by atoms with E-state index in [9.17, 15) is 5.11 Å². The summed E-state index contributed by atoms with van der Waals surface area (Å²) in [6.45, 7) is 4.73. The highest BCUT2D eigenvalue weighted by Crippen LogP contribution is 2.41. The molecule has 0 radical (unpaired) electrons. The predicted octanol–water partition coefficient (Wildman–Crippen LogP) is 5.84. The van der Waals surface area contributed by atoms with Crippen molar-refractivity contribution < 1.29 is 14.6 Å². The second kappa shape index (κ2) is 8.19. The van der Waals surface area contributed by atoms with Gasteiger partial charge in [-0.15, -0.1) is 0 Å². The molecule has 34 heavy (non-hydrogen) atoms. The van der Waals surface area contributed by atoms with Gasteiger partial charge in [0.15, 0.2) is 0 Å². The Hall–Kier alpha value is -3.28. The summed E-state index contributed by atoms with van der Waals surface area (Å²) in [5.74, 6) is 1.29. The molecule has 3 heterocycles. The largest absolute Gasteiger partial charge is 0.486 e. The molecule has 0 unspecified atom stereocenters. The minimum absolute atomic E-state index is 0.220. The Kier molecular flexibility index (Phi) is 5.12. The molecule has 0 bridgehead atoms. The van der Waals surface area contributed by atoms with E-state index in [0.29, 0.717) is 24.9 Å². The predicted molar refractivity (Wildman–Crippen MR) is 132 cm³/mol. The maximum absolute atomic E-state index is 10.9. The lowest BCUT2D eigenvalue weighted by Crippen LogP contribution is -2.46. The van der Waals surface area contributed by atoms with Crippen LogP contribution in [0.3, 0.4) is 0 Å². The number of fused-ring (bicyclic) bond motifs is 1. The standard InChI is InChI=1S/C29H28N2O3/c1-18-11-22-15-31-27(21-9-10-30-26(13-21)20-7-8-20)14-24(22)23(12-18)19(2)34-28-6-4-3-5-25(28)29(32)16-33-17-29/h3-6,9-15,19-20,32H,7-8,16-17H2,1-2H3/t19-/m1/s1. The lowest BCUT2D eigenvalue weighted by Gasteiger charge is -2.38. The van der Waals surface area contributed by atoms with Crippen molar-refractivity contribution in [2.45, 2.75) is 44.3 Å². The zero-order chi connectivity index (χ0) is 23.3. The number of ether oxygens (including phenoxy) is 2. The Labute approximate surface area is 199 Å². The van der Waals surface area contributed by atoms with Crippen molar-refractivity contribution in [3.8, 4) is 17.0 Å². The Bertz CT molecular complexity index is 1380. The fourth-order valence-electron chi connectivity index (χ4n) is 4.80. The summed E-state index contributed by atoms with van der Waals surface area (Å²) in [5.41, 5.74) is 5.25. The number of benzene rings is 2. The van der Waals surface area contributed by atoms with E-state index in [1.807, 2.05) is 42.7 Å². The molecule has 1 aliphatic carbocycles. The normalized spacial score (nSPS) is 17.9. The molecule has 0 amide bonds. The molecule has 1 aliphatic heterocycles. The number of aromatic nitrogens is 2. The minimum atomic E-state index is -0.983. The number of para-hydroxylation sites is 1. The van der Waals surface area contributed by atoms with E-state index in [1.165, 1.54) is 12.8 Å². The van der Waals surface area contributed by atoms with Crippen LogP contribution < -0.4 is 4.74 Å². The van der Waals surface area contributed by atoms with Crippen LogP contribution in [0.1, 0.15) is 54.2 Å². The molecular weight excluding hydrogens is 424 g/mol. The Morgan fingerprint density at radius 3 is 2.65 bits per heavy atom. The summed E-state index contributed by atoms with van der Waals surface area (Å²) in [6.07, 6.45) is 6.07. The number of nitrogens with zero attached hydrogens (tertiary/aromatic N) is 2. The van der Waals surface area contributed by atoms with E-state index in [0.717, 1.165) is 44.4 Å². The van der Waals surface area contributed by atoms with E-state index < -0.39 is 5.60 Å². The number of aryl methyl sites for hydroxylation is 1. The summed E-state index contributed by atoms with van der Waals surface area (Å²) >= 11 is 0. The lowest BCUT2D eigenvalue weighted by molar-refractivity contribution is -0.185. The minimum Gasteiger partial charge on any atom is -0.486 e. The van der Waals surface area contributed by atoms with Crippen LogP contribution in [0, 0.1) is 6.92 Å². The second-order valence-corrected chi connectivity index (χ2v) is 9.67. The maximum Gasteiger partial charge on any atom is 0.140 e. The highest BCUT2D eigenvalue weighted by Gasteiger charge is 2.40. The van der Waals surface area contributed by atoms with Crippen LogP contribution in [0.4, 0.5) is 0 Å². The van der Waals surface area contributed by atoms with Crippen LogP contribution >= 0.6 is 0 Å². The van der Waals surface area contributed by atoms with Gasteiger partial charge < -0.3 is 14.6 Å². The smallest absolute Gasteiger partial charge is 0.140 e. The Balaban J connectivity index is 1.38. The van der Waals surface area contributed by atoms with Gasteiger partial charge in [-0.1, -0.05) is 29.8 Å². The van der Waals surface area contributed by atoms with Gasteiger partial charge >= 0.3 is 0 Å². The summed E-state index contributed by atoms with van der Waals surface area (Å²) in [7, 11) is 0. The van der Waals surface area contributed by atoms with Gasteiger partial charge in [0.25, 0.3) is 0 Å². The number of hydrogen-bond acceptors (Lipinski definition) is 5. The van der Waals surface area contributed by atoms with Gasteiger partial charge in [0, 0.05) is 46.1 Å². The van der Waals surface area contributed by atoms with Crippen molar-refractivity contribution in [3.63, 3.8) is 0 Å². The molecule has 5 nitrogen and oxygen atoms in total. The summed E-state index contributed by atoms with van der Waals surface area (Å²) in [4.78, 5) is 9.33. The number of aliphatic hydroxyl groups is 1. The molecule has 1 saturated carbocycles. The van der Waals surface area contributed by atoms with Crippen molar-refractivity contribution >= 4 is 10.8 Å². The van der Waals surface area contributed by atoms with Crippen LogP contribution in [0.5, 0.6) is 5.75 Å². The topological polar surface area (TPSA) is 64.5 Å². The first-order valence-corrected chi connectivity index (χ1v) is 11.9. The van der Waals surface area contributed by atoms with Crippen LogP contribution in [0.15, 0.2) is 67.0 Å². The number of hydrogen-bond donors (Lipinski definition) is 1. The molecular formula is C29H28N2O3. The molecule has 0 spiro atoms. The van der Waals surface area contributed by atoms with Crippen molar-refractivity contribution in [1.29, 1.82) is 0 Å². The summed E-state index contributed by atoms with van der Waals surface area (Å²) in [6, 6.07) is 18.4. The van der Waals surface area contributed by atoms with E-state index >= 15 is 0 Å². The van der Waals surface area contributed by atoms with Gasteiger partial charge in [-0.25, -0.2) is 0 Å². The molecule has 2 aromatic heterocycles. The van der Waals surface area contributed by atoms with Gasteiger partial charge in [0.05, 0.1) is 18.9 Å². The monoisotopic (exact) mass is 452 g/mol. The van der Waals surface area contributed by atoms with Crippen LogP contribution in [-0.4, -0.2) is 28.3 Å². The Morgan fingerprint density at radius 1 is 1.06 bits per heavy atom. The van der Waals surface area contributed by atoms with Crippen LogP contribution in [0.25, 0.3) is 22.0 Å². The molecule has 2 aliphatic rings. The zero-order valence-corrected chi connectivity index (χ0v) is 19.5. The van der Waals surface area contributed by atoms with Gasteiger partial charge in [-0.05, 0) is 62.4 Å². The number of pyridine rings is 2. The fraction of sp³-hybridized carbons (Fsp3) is 0.310. The molecule has 5 heteroatoms. The van der Waals surface area contributed by atoms with E-state index in [4.69, 9.17) is 14.5 Å². The molecule has 172 valence electrons. The molecule has 1 atom stereocenters. The second-order valence-electron chi connectivity index (χ2n) is 9.67. The lowest BCUT2D eigenvalue weighted by atomic mass is 9.91. The molecule has 2 fully saturated rings. The SMILES string of the molecule is Cc1cc([C@@H](C)Oc2ccccc2C2(O)COC2)c2cc(-c3ccnc(C4CC4)c3)ncc2c1. The quantitative estimate of drug-likeness (QED) is 0.398. The van der Waals surface area contributed by atoms with E-state index in [2.05, 4.69) is 43.1 Å². The highest BCUT2D eigenvalue weighted by molar-refractivity contribution is 5.89. The van der Waals surface area contributed by atoms with Crippen molar-refractivity contribution in [3.05, 3.63) is 89.4 Å². The van der Waals surface area contributed by atoms with E-state index in [1.54, 1.807) is 0 Å². The van der Waals surface area contributed by atoms with Crippen LogP contribution in [-0.2, 0) is 10.3 Å². The van der Waals surface area contributed by atoms with Gasteiger partial charge in [-0.2, -0.15) is 0 Å². The number of rotatable bonds is 6. The Morgan fingerprint density at radius 2 is 1.88 bits per heavy atom. The highest BCUT2D eigenvalue weighted by atomic mass is 16.5. The van der Waals surface area contributed by atoms with Gasteiger partial charge in [0.2, 0.25) is 0 Å². The molecule has 1 saturated heterocycles. The third kappa shape index (κ3) is 3.85. The first-order chi connectivity index (χ1) is 16.5. The summed E-state index contributed by atoms with van der Waals surface area (Å²) in [5, 5.41) is 13.1. The average molecular weight is 453 g/mol. The average Bonchev–Trinajstić information content (AvgIpc) is 3.68. The third-order valence-electron chi connectivity index (χ3n) is 6.90. The third-order valence-corrected chi connectivity index (χ3v) is 6.90. The first kappa shape index (κ1) is 21.3. The molecule has 1 N–H and O–H groups in total. The van der Waals surface area contributed by atoms with Gasteiger partial charge in [0.1, 0.15) is 17.5 Å². The molecule has 6 rings (SSSR count). The van der Waals surface area contributed by atoms with Crippen molar-refractivity contribution in [1.82, 2.24) is 9.97 Å². The van der Waals surface area contributed by atoms with Crippen molar-refractivity contribution in [2.24, 2.45) is 0 Å². The van der Waals surface area contributed by atoms with Gasteiger partial charge in [-0.3, -0.25) is 9.97 Å². The first-order valence-electron chi connectivity index (χ1n) is 11.9. The zero-order valence-electron chi connectivity index (χ0n) is 19.5. The maximum atomic E-state index is 10.9. The van der Waals surface area contributed by atoms with Crippen molar-refractivity contribution in [2.75, 3.05) is 13.2 Å². The fourth-order valence-corrected chi connectivity index (χ4v) is 4.80. The van der Waals surface area contributed by atoms with Crippen LogP contribution in [0.2, 0.25) is 0 Å².